The summed E-state index contributed by atoms with van der Waals surface area (Å²) in [6.45, 7) is 4.37. The largest absolute Gasteiger partial charge is 0.288 e. The van der Waals surface area contributed by atoms with Crippen LogP contribution >= 0.6 is 11.8 Å². The summed E-state index contributed by atoms with van der Waals surface area (Å²) in [4.78, 5) is 21.6. The SMILES string of the molecule is CC(=O)SC1CNN(C(C)=O)C1. The maximum Gasteiger partial charge on any atom is 0.233 e. The molecule has 0 aromatic rings. The molecule has 0 bridgehead atoms. The van der Waals surface area contributed by atoms with Gasteiger partial charge >= 0.3 is 0 Å². The van der Waals surface area contributed by atoms with E-state index in [2.05, 4.69) is 5.43 Å². The Hall–Kier alpha value is -0.550. The van der Waals surface area contributed by atoms with Crippen LogP contribution in [0.3, 0.4) is 0 Å². The van der Waals surface area contributed by atoms with Crippen molar-refractivity contribution in [1.29, 1.82) is 0 Å². The maximum atomic E-state index is 10.8. The second-order valence-electron chi connectivity index (χ2n) is 2.72. The molecule has 4 nitrogen and oxygen atoms in total. The van der Waals surface area contributed by atoms with Crippen molar-refractivity contribution in [2.24, 2.45) is 0 Å². The minimum absolute atomic E-state index is 0.00153. The van der Waals surface area contributed by atoms with E-state index in [1.165, 1.54) is 18.7 Å². The van der Waals surface area contributed by atoms with E-state index in [-0.39, 0.29) is 16.3 Å². The van der Waals surface area contributed by atoms with Gasteiger partial charge < -0.3 is 0 Å². The Balaban J connectivity index is 2.35. The zero-order valence-corrected chi connectivity index (χ0v) is 7.98. The van der Waals surface area contributed by atoms with Gasteiger partial charge in [-0.05, 0) is 0 Å². The predicted molar refractivity (Wildman–Crippen MR) is 47.4 cm³/mol. The lowest BCUT2D eigenvalue weighted by atomic mass is 10.4. The van der Waals surface area contributed by atoms with Gasteiger partial charge in [0.15, 0.2) is 5.12 Å². The first-order chi connectivity index (χ1) is 5.59. The topological polar surface area (TPSA) is 49.4 Å². The van der Waals surface area contributed by atoms with Crippen LogP contribution < -0.4 is 5.43 Å². The van der Waals surface area contributed by atoms with E-state index in [1.807, 2.05) is 0 Å². The molecule has 0 radical (unpaired) electrons. The smallest absolute Gasteiger partial charge is 0.233 e. The van der Waals surface area contributed by atoms with Crippen LogP contribution in [-0.4, -0.2) is 34.4 Å². The predicted octanol–water partition coefficient (Wildman–Crippen LogP) is 0.00140. The Morgan fingerprint density at radius 3 is 2.58 bits per heavy atom. The Morgan fingerprint density at radius 1 is 1.50 bits per heavy atom. The Morgan fingerprint density at radius 2 is 2.17 bits per heavy atom. The third kappa shape index (κ3) is 2.49. The number of nitrogens with one attached hydrogen (secondary N) is 1. The number of carbonyl (C=O) groups excluding carboxylic acids is 2. The van der Waals surface area contributed by atoms with Gasteiger partial charge in [0.2, 0.25) is 5.91 Å². The van der Waals surface area contributed by atoms with E-state index in [9.17, 15) is 9.59 Å². The van der Waals surface area contributed by atoms with Crippen LogP contribution in [0.25, 0.3) is 0 Å². The minimum Gasteiger partial charge on any atom is -0.288 e. The van der Waals surface area contributed by atoms with Crippen molar-refractivity contribution in [2.45, 2.75) is 19.1 Å². The van der Waals surface area contributed by atoms with Crippen LogP contribution in [0, 0.1) is 0 Å². The quantitative estimate of drug-likeness (QED) is 0.629. The zero-order chi connectivity index (χ0) is 9.14. The number of amides is 1. The van der Waals surface area contributed by atoms with Gasteiger partial charge in [0.05, 0.1) is 6.54 Å². The molecule has 1 rings (SSSR count). The van der Waals surface area contributed by atoms with E-state index in [0.717, 1.165) is 0 Å². The first kappa shape index (κ1) is 9.54. The molecule has 12 heavy (non-hydrogen) atoms. The Kier molecular flexibility index (Phi) is 3.11. The van der Waals surface area contributed by atoms with Gasteiger partial charge in [-0.3, -0.25) is 14.6 Å². The molecule has 1 amide bonds. The van der Waals surface area contributed by atoms with Crippen molar-refractivity contribution < 1.29 is 9.59 Å². The van der Waals surface area contributed by atoms with Crippen LogP contribution in [0.2, 0.25) is 0 Å². The fourth-order valence-corrected chi connectivity index (χ4v) is 1.95. The lowest BCUT2D eigenvalue weighted by Crippen LogP contribution is -2.34. The summed E-state index contributed by atoms with van der Waals surface area (Å²) in [6, 6.07) is 0. The maximum absolute atomic E-state index is 10.8. The van der Waals surface area contributed by atoms with E-state index < -0.39 is 0 Å². The summed E-state index contributed by atoms with van der Waals surface area (Å²) >= 11 is 1.29. The summed E-state index contributed by atoms with van der Waals surface area (Å²) in [5.74, 6) is 0.00153. The highest BCUT2D eigenvalue weighted by molar-refractivity contribution is 8.14. The summed E-state index contributed by atoms with van der Waals surface area (Å²) in [5, 5.41) is 1.86. The highest BCUT2D eigenvalue weighted by Gasteiger charge is 2.25. The number of hydrogen-bond donors (Lipinski definition) is 1. The molecule has 0 aromatic carbocycles. The monoisotopic (exact) mass is 188 g/mol. The Bertz CT molecular complexity index is 208. The molecule has 1 aliphatic rings. The molecular formula is C7H12N2O2S. The third-order valence-electron chi connectivity index (χ3n) is 1.61. The molecule has 1 fully saturated rings. The summed E-state index contributed by atoms with van der Waals surface area (Å²) in [6.07, 6.45) is 0. The Labute approximate surface area is 75.6 Å². The van der Waals surface area contributed by atoms with Crippen molar-refractivity contribution in [3.8, 4) is 0 Å². The summed E-state index contributed by atoms with van der Waals surface area (Å²) < 4.78 is 0. The molecule has 1 heterocycles. The molecule has 0 saturated carbocycles. The number of nitrogens with zero attached hydrogens (tertiary/aromatic N) is 1. The van der Waals surface area contributed by atoms with E-state index in [1.54, 1.807) is 11.9 Å². The van der Waals surface area contributed by atoms with E-state index in [0.29, 0.717) is 13.1 Å². The average Bonchev–Trinajstić information content (AvgIpc) is 2.34. The highest BCUT2D eigenvalue weighted by atomic mass is 32.2. The third-order valence-corrected chi connectivity index (χ3v) is 2.59. The van der Waals surface area contributed by atoms with Gasteiger partial charge in [0.1, 0.15) is 0 Å². The van der Waals surface area contributed by atoms with Crippen molar-refractivity contribution in [3.63, 3.8) is 0 Å². The first-order valence-corrected chi connectivity index (χ1v) is 4.66. The molecule has 1 atom stereocenters. The minimum atomic E-state index is 0.00153. The molecule has 1 unspecified atom stereocenters. The first-order valence-electron chi connectivity index (χ1n) is 3.78. The second kappa shape index (κ2) is 3.91. The number of carbonyl (C=O) groups is 2. The number of hydrogen-bond acceptors (Lipinski definition) is 4. The van der Waals surface area contributed by atoms with Crippen LogP contribution in [0.15, 0.2) is 0 Å². The lowest BCUT2D eigenvalue weighted by molar-refractivity contribution is -0.130. The molecule has 5 heteroatoms. The lowest BCUT2D eigenvalue weighted by Gasteiger charge is -2.11. The van der Waals surface area contributed by atoms with Crippen molar-refractivity contribution in [2.75, 3.05) is 13.1 Å². The van der Waals surface area contributed by atoms with Crippen LogP contribution in [0.5, 0.6) is 0 Å². The summed E-state index contributed by atoms with van der Waals surface area (Å²) in [7, 11) is 0. The van der Waals surface area contributed by atoms with Crippen LogP contribution in [-0.2, 0) is 9.59 Å². The average molecular weight is 188 g/mol. The highest BCUT2D eigenvalue weighted by Crippen LogP contribution is 2.16. The molecule has 1 saturated heterocycles. The van der Waals surface area contributed by atoms with Crippen molar-refractivity contribution in [3.05, 3.63) is 0 Å². The fourth-order valence-electron chi connectivity index (χ4n) is 1.10. The second-order valence-corrected chi connectivity index (χ2v) is 4.20. The molecule has 1 aliphatic heterocycles. The fraction of sp³-hybridized carbons (Fsp3) is 0.714. The van der Waals surface area contributed by atoms with Gasteiger partial charge in [0.25, 0.3) is 0 Å². The molecular weight excluding hydrogens is 176 g/mol. The van der Waals surface area contributed by atoms with Crippen molar-refractivity contribution in [1.82, 2.24) is 10.4 Å². The standard InChI is InChI=1S/C7H12N2O2S/c1-5(10)9-4-7(3-8-9)12-6(2)11/h7-8H,3-4H2,1-2H3. The zero-order valence-electron chi connectivity index (χ0n) is 7.16. The van der Waals surface area contributed by atoms with Gasteiger partial charge in [-0.25, -0.2) is 5.43 Å². The number of rotatable bonds is 1. The van der Waals surface area contributed by atoms with Crippen molar-refractivity contribution >= 4 is 22.8 Å². The molecule has 68 valence electrons. The van der Waals surface area contributed by atoms with E-state index >= 15 is 0 Å². The summed E-state index contributed by atoms with van der Waals surface area (Å²) in [5.41, 5.74) is 2.92. The van der Waals surface area contributed by atoms with Gasteiger partial charge in [0, 0.05) is 25.6 Å². The normalized spacial score (nSPS) is 22.8. The molecule has 0 aliphatic carbocycles. The number of hydrazine groups is 1. The molecule has 0 aromatic heterocycles. The van der Waals surface area contributed by atoms with Gasteiger partial charge in [-0.2, -0.15) is 0 Å². The van der Waals surface area contributed by atoms with Crippen LogP contribution in [0.4, 0.5) is 0 Å². The number of thioether (sulfide) groups is 1. The van der Waals surface area contributed by atoms with E-state index in [4.69, 9.17) is 0 Å². The van der Waals surface area contributed by atoms with Gasteiger partial charge in [-0.1, -0.05) is 11.8 Å². The van der Waals surface area contributed by atoms with Crippen LogP contribution in [0.1, 0.15) is 13.8 Å². The van der Waals surface area contributed by atoms with Gasteiger partial charge in [-0.15, -0.1) is 0 Å². The molecule has 1 N–H and O–H groups in total. The molecule has 0 spiro atoms.